The minimum Gasteiger partial charge on any atom is -0.431 e. The van der Waals surface area contributed by atoms with E-state index in [-0.39, 0.29) is 17.9 Å². The van der Waals surface area contributed by atoms with E-state index in [0.29, 0.717) is 17.5 Å². The number of amides is 1. The van der Waals surface area contributed by atoms with Crippen molar-refractivity contribution in [2.24, 2.45) is 0 Å². The second-order valence-electron chi connectivity index (χ2n) is 7.32. The lowest BCUT2D eigenvalue weighted by atomic mass is 10.1. The zero-order valence-corrected chi connectivity index (χ0v) is 15.5. The first-order chi connectivity index (χ1) is 12.8. The van der Waals surface area contributed by atoms with Crippen LogP contribution in [-0.2, 0) is 13.2 Å². The molecule has 0 aliphatic carbocycles. The third-order valence-electron chi connectivity index (χ3n) is 4.22. The first kappa shape index (κ1) is 18.9. The first-order valence-corrected chi connectivity index (χ1v) is 8.64. The van der Waals surface area contributed by atoms with Gasteiger partial charge in [-0.2, -0.15) is 4.39 Å². The molecule has 3 aromatic rings. The molecule has 1 N–H and O–H groups in total. The van der Waals surface area contributed by atoms with E-state index >= 15 is 0 Å². The van der Waals surface area contributed by atoms with Crippen molar-refractivity contribution < 1.29 is 23.4 Å². The highest BCUT2D eigenvalue weighted by molar-refractivity contribution is 5.87. The summed E-state index contributed by atoms with van der Waals surface area (Å²) in [7, 11) is 0. The quantitative estimate of drug-likeness (QED) is 0.711. The predicted octanol–water partition coefficient (Wildman–Crippen LogP) is 4.86. The summed E-state index contributed by atoms with van der Waals surface area (Å²) in [5, 5.41) is 9.75. The standard InChI is InChI=1S/C21H22FNO4/c1-21(2,3)23(12-14-7-5-4-6-8-14)20(25)27-18-10-15(13-24)9-17-16(18)11-19(22)26-17/h4-11,24H,12-13H2,1-3H3. The van der Waals surface area contributed by atoms with Crippen LogP contribution in [0.15, 0.2) is 52.9 Å². The number of hydrogen-bond donors (Lipinski definition) is 1. The lowest BCUT2D eigenvalue weighted by Crippen LogP contribution is -2.46. The van der Waals surface area contributed by atoms with E-state index in [0.717, 1.165) is 11.6 Å². The average Bonchev–Trinajstić information content (AvgIpc) is 2.99. The van der Waals surface area contributed by atoms with Crippen molar-refractivity contribution in [2.75, 3.05) is 0 Å². The minimum atomic E-state index is -0.783. The smallest absolute Gasteiger partial charge is 0.415 e. The van der Waals surface area contributed by atoms with Crippen LogP contribution in [0.2, 0.25) is 0 Å². The van der Waals surface area contributed by atoms with E-state index < -0.39 is 17.6 Å². The number of carbonyl (C=O) groups excluding carboxylic acids is 1. The van der Waals surface area contributed by atoms with Crippen LogP contribution >= 0.6 is 0 Å². The van der Waals surface area contributed by atoms with E-state index in [9.17, 15) is 14.3 Å². The molecule has 6 heteroatoms. The summed E-state index contributed by atoms with van der Waals surface area (Å²) < 4.78 is 24.1. The Hall–Kier alpha value is -2.86. The average molecular weight is 371 g/mol. The Morgan fingerprint density at radius 1 is 1.15 bits per heavy atom. The Balaban J connectivity index is 1.92. The van der Waals surface area contributed by atoms with Crippen LogP contribution in [0, 0.1) is 6.01 Å². The third-order valence-corrected chi connectivity index (χ3v) is 4.22. The van der Waals surface area contributed by atoms with Gasteiger partial charge in [-0.3, -0.25) is 4.90 Å². The van der Waals surface area contributed by atoms with Gasteiger partial charge in [-0.05, 0) is 44.0 Å². The highest BCUT2D eigenvalue weighted by atomic mass is 19.1. The van der Waals surface area contributed by atoms with E-state index in [2.05, 4.69) is 0 Å². The minimum absolute atomic E-state index is 0.150. The Morgan fingerprint density at radius 3 is 2.48 bits per heavy atom. The molecule has 0 bridgehead atoms. The molecule has 1 heterocycles. The SMILES string of the molecule is CC(C)(C)N(Cc1ccccc1)C(=O)Oc1cc(CO)cc2oc(F)cc12. The second-order valence-corrected chi connectivity index (χ2v) is 7.32. The van der Waals surface area contributed by atoms with Crippen molar-refractivity contribution in [3.8, 4) is 5.75 Å². The number of furan rings is 1. The fourth-order valence-electron chi connectivity index (χ4n) is 2.80. The van der Waals surface area contributed by atoms with E-state index in [4.69, 9.17) is 9.15 Å². The van der Waals surface area contributed by atoms with Crippen molar-refractivity contribution in [3.05, 3.63) is 65.7 Å². The van der Waals surface area contributed by atoms with Gasteiger partial charge in [0, 0.05) is 18.2 Å². The number of hydrogen-bond acceptors (Lipinski definition) is 4. The highest BCUT2D eigenvalue weighted by Crippen LogP contribution is 2.31. The number of aliphatic hydroxyl groups excluding tert-OH is 1. The van der Waals surface area contributed by atoms with Gasteiger partial charge in [0.15, 0.2) is 0 Å². The highest BCUT2D eigenvalue weighted by Gasteiger charge is 2.29. The monoisotopic (exact) mass is 371 g/mol. The van der Waals surface area contributed by atoms with Gasteiger partial charge in [-0.25, -0.2) is 4.79 Å². The van der Waals surface area contributed by atoms with Crippen LogP contribution in [-0.4, -0.2) is 21.6 Å². The summed E-state index contributed by atoms with van der Waals surface area (Å²) in [6.07, 6.45) is -0.565. The van der Waals surface area contributed by atoms with Gasteiger partial charge in [0.05, 0.1) is 12.0 Å². The number of aliphatic hydroxyl groups is 1. The molecule has 5 nitrogen and oxygen atoms in total. The number of ether oxygens (including phenoxy) is 1. The normalized spacial score (nSPS) is 11.6. The Bertz CT molecular complexity index is 944. The lowest BCUT2D eigenvalue weighted by molar-refractivity contribution is 0.102. The van der Waals surface area contributed by atoms with Gasteiger partial charge >= 0.3 is 6.09 Å². The molecular weight excluding hydrogens is 349 g/mol. The van der Waals surface area contributed by atoms with E-state index in [1.165, 1.54) is 12.1 Å². The molecule has 1 amide bonds. The summed E-state index contributed by atoms with van der Waals surface area (Å²) in [4.78, 5) is 14.5. The van der Waals surface area contributed by atoms with Gasteiger partial charge in [0.1, 0.15) is 11.3 Å². The molecule has 27 heavy (non-hydrogen) atoms. The summed E-state index contributed by atoms with van der Waals surface area (Å²) >= 11 is 0. The van der Waals surface area contributed by atoms with Crippen molar-refractivity contribution >= 4 is 17.1 Å². The van der Waals surface area contributed by atoms with Gasteiger partial charge in [0.2, 0.25) is 0 Å². The molecule has 3 rings (SSSR count). The maximum absolute atomic E-state index is 13.5. The third kappa shape index (κ3) is 4.28. The maximum Gasteiger partial charge on any atom is 0.415 e. The van der Waals surface area contributed by atoms with Crippen molar-refractivity contribution in [1.29, 1.82) is 0 Å². The first-order valence-electron chi connectivity index (χ1n) is 8.64. The zero-order chi connectivity index (χ0) is 19.6. The predicted molar refractivity (Wildman–Crippen MR) is 99.9 cm³/mol. The Morgan fingerprint density at radius 2 is 1.85 bits per heavy atom. The lowest BCUT2D eigenvalue weighted by Gasteiger charge is -2.34. The number of fused-ring (bicyclic) bond motifs is 1. The largest absolute Gasteiger partial charge is 0.431 e. The molecule has 0 aliphatic heterocycles. The Kier molecular flexibility index (Phi) is 5.19. The molecular formula is C21H22FNO4. The number of halogens is 1. The summed E-state index contributed by atoms with van der Waals surface area (Å²) in [6.45, 7) is 5.82. The molecule has 1 aromatic heterocycles. The van der Waals surface area contributed by atoms with Gasteiger partial charge in [-0.1, -0.05) is 30.3 Å². The van der Waals surface area contributed by atoms with Crippen LogP contribution in [0.25, 0.3) is 11.0 Å². The molecule has 0 aliphatic rings. The molecule has 2 aromatic carbocycles. The van der Waals surface area contributed by atoms with Crippen molar-refractivity contribution in [1.82, 2.24) is 4.90 Å². The van der Waals surface area contributed by atoms with E-state index in [1.54, 1.807) is 4.90 Å². The number of carbonyl (C=O) groups is 1. The van der Waals surface area contributed by atoms with Gasteiger partial charge < -0.3 is 14.3 Å². The van der Waals surface area contributed by atoms with E-state index in [1.807, 2.05) is 51.1 Å². The molecule has 0 unspecified atom stereocenters. The maximum atomic E-state index is 13.5. The topological polar surface area (TPSA) is 62.9 Å². The zero-order valence-electron chi connectivity index (χ0n) is 15.5. The molecule has 142 valence electrons. The number of rotatable bonds is 4. The van der Waals surface area contributed by atoms with Crippen LogP contribution in [0.3, 0.4) is 0 Å². The summed E-state index contributed by atoms with van der Waals surface area (Å²) in [5.41, 5.74) is 1.15. The van der Waals surface area contributed by atoms with Crippen molar-refractivity contribution in [2.45, 2.75) is 39.5 Å². The van der Waals surface area contributed by atoms with Crippen molar-refractivity contribution in [3.63, 3.8) is 0 Å². The second kappa shape index (κ2) is 7.40. The fraction of sp³-hybridized carbons (Fsp3) is 0.286. The van der Waals surface area contributed by atoms with Gasteiger partial charge in [0.25, 0.3) is 6.01 Å². The van der Waals surface area contributed by atoms with Crippen LogP contribution in [0.5, 0.6) is 5.75 Å². The number of nitrogens with zero attached hydrogens (tertiary/aromatic N) is 1. The molecule has 0 spiro atoms. The summed E-state index contributed by atoms with van der Waals surface area (Å²) in [6, 6.07) is 13.0. The molecule has 0 radical (unpaired) electrons. The molecule has 0 atom stereocenters. The molecule has 0 saturated heterocycles. The molecule has 0 fully saturated rings. The van der Waals surface area contributed by atoms with Gasteiger partial charge in [-0.15, -0.1) is 0 Å². The number of benzene rings is 2. The van der Waals surface area contributed by atoms with Crippen LogP contribution in [0.4, 0.5) is 9.18 Å². The van der Waals surface area contributed by atoms with Crippen LogP contribution < -0.4 is 4.74 Å². The Labute approximate surface area is 157 Å². The fourth-order valence-corrected chi connectivity index (χ4v) is 2.80. The van der Waals surface area contributed by atoms with Crippen LogP contribution in [0.1, 0.15) is 31.9 Å². The summed E-state index contributed by atoms with van der Waals surface area (Å²) in [5.74, 6) is 0.150. The molecule has 0 saturated carbocycles.